The van der Waals surface area contributed by atoms with Gasteiger partial charge in [0.05, 0.1) is 5.71 Å². The average Bonchev–Trinajstić information content (AvgIpc) is 2.92. The van der Waals surface area contributed by atoms with Crippen molar-refractivity contribution in [3.63, 3.8) is 0 Å². The molecule has 24 heavy (non-hydrogen) atoms. The smallest absolute Gasteiger partial charge is 0.149 e. The molecule has 0 N–H and O–H groups in total. The minimum atomic E-state index is -0.451. The SMILES string of the molecule is CC1=NN(c2ccccn2)C(C=O)/C1=C\c1ccc(N(C)C)cc1. The largest absolute Gasteiger partial charge is 0.378 e. The van der Waals surface area contributed by atoms with Gasteiger partial charge in [-0.15, -0.1) is 0 Å². The van der Waals surface area contributed by atoms with Crippen LogP contribution in [0.15, 0.2) is 59.3 Å². The second-order valence-corrected chi connectivity index (χ2v) is 5.88. The van der Waals surface area contributed by atoms with Crippen LogP contribution >= 0.6 is 0 Å². The first kappa shape index (κ1) is 15.9. The molecular weight excluding hydrogens is 300 g/mol. The lowest BCUT2D eigenvalue weighted by atomic mass is 10.0. The minimum Gasteiger partial charge on any atom is -0.378 e. The molecule has 0 amide bonds. The summed E-state index contributed by atoms with van der Waals surface area (Å²) in [6.45, 7) is 1.92. The number of pyridine rings is 1. The van der Waals surface area contributed by atoms with E-state index in [4.69, 9.17) is 0 Å². The van der Waals surface area contributed by atoms with E-state index in [2.05, 4.69) is 27.1 Å². The highest BCUT2D eigenvalue weighted by Gasteiger charge is 2.31. The van der Waals surface area contributed by atoms with Gasteiger partial charge < -0.3 is 9.69 Å². The normalized spacial score (nSPS) is 18.6. The Hall–Kier alpha value is -2.95. The van der Waals surface area contributed by atoms with Crippen LogP contribution in [-0.4, -0.2) is 37.1 Å². The monoisotopic (exact) mass is 320 g/mol. The molecule has 0 fully saturated rings. The lowest BCUT2D eigenvalue weighted by Crippen LogP contribution is -2.29. The number of carbonyl (C=O) groups is 1. The molecule has 122 valence electrons. The van der Waals surface area contributed by atoms with E-state index in [0.717, 1.165) is 28.8 Å². The topological polar surface area (TPSA) is 48.8 Å². The van der Waals surface area contributed by atoms with Gasteiger partial charge in [-0.05, 0) is 42.8 Å². The number of nitrogens with zero attached hydrogens (tertiary/aromatic N) is 4. The van der Waals surface area contributed by atoms with Crippen LogP contribution in [0.5, 0.6) is 0 Å². The number of anilines is 2. The van der Waals surface area contributed by atoms with Crippen molar-refractivity contribution in [2.45, 2.75) is 13.0 Å². The molecule has 1 aromatic heterocycles. The van der Waals surface area contributed by atoms with E-state index in [0.29, 0.717) is 5.82 Å². The van der Waals surface area contributed by atoms with Crippen LogP contribution in [-0.2, 0) is 4.79 Å². The molecule has 0 bridgehead atoms. The van der Waals surface area contributed by atoms with Crippen molar-refractivity contribution in [2.75, 3.05) is 24.0 Å². The highest BCUT2D eigenvalue weighted by atomic mass is 16.1. The standard InChI is InChI=1S/C19H20N4O/c1-14-17(12-15-7-9-16(10-8-15)22(2)3)18(13-24)23(21-14)19-6-4-5-11-20-19/h4-13,18H,1-3H3/b17-12-. The van der Waals surface area contributed by atoms with Gasteiger partial charge >= 0.3 is 0 Å². The van der Waals surface area contributed by atoms with Crippen LogP contribution < -0.4 is 9.91 Å². The van der Waals surface area contributed by atoms with Gasteiger partial charge in [0.15, 0.2) is 0 Å². The minimum absolute atomic E-state index is 0.451. The summed E-state index contributed by atoms with van der Waals surface area (Å²) in [5, 5.41) is 6.18. The Morgan fingerprint density at radius 3 is 2.46 bits per heavy atom. The second-order valence-electron chi connectivity index (χ2n) is 5.88. The molecule has 2 aromatic rings. The van der Waals surface area contributed by atoms with Crippen molar-refractivity contribution in [2.24, 2.45) is 5.10 Å². The molecule has 1 aromatic carbocycles. The summed E-state index contributed by atoms with van der Waals surface area (Å²) in [5.41, 5.74) is 3.90. The predicted octanol–water partition coefficient (Wildman–Crippen LogP) is 2.99. The third-order valence-corrected chi connectivity index (χ3v) is 4.00. The Bertz CT molecular complexity index is 779. The zero-order valence-electron chi connectivity index (χ0n) is 14.0. The third-order valence-electron chi connectivity index (χ3n) is 4.00. The zero-order valence-corrected chi connectivity index (χ0v) is 14.0. The van der Waals surface area contributed by atoms with Gasteiger partial charge in [-0.3, -0.25) is 0 Å². The maximum Gasteiger partial charge on any atom is 0.149 e. The third kappa shape index (κ3) is 3.06. The Morgan fingerprint density at radius 1 is 1.12 bits per heavy atom. The Kier molecular flexibility index (Phi) is 4.42. The second kappa shape index (κ2) is 6.66. The average molecular weight is 320 g/mol. The van der Waals surface area contributed by atoms with Crippen LogP contribution in [0.1, 0.15) is 12.5 Å². The molecule has 0 saturated heterocycles. The van der Waals surface area contributed by atoms with E-state index in [9.17, 15) is 4.79 Å². The molecule has 0 spiro atoms. The van der Waals surface area contributed by atoms with E-state index in [1.807, 2.05) is 57.4 Å². The quantitative estimate of drug-likeness (QED) is 0.813. The van der Waals surface area contributed by atoms with Gasteiger partial charge in [0.2, 0.25) is 0 Å². The molecule has 0 saturated carbocycles. The Labute approximate surface area is 141 Å². The maximum atomic E-state index is 11.7. The molecule has 0 aliphatic carbocycles. The summed E-state index contributed by atoms with van der Waals surface area (Å²) < 4.78 is 0. The van der Waals surface area contributed by atoms with Crippen LogP contribution in [0.3, 0.4) is 0 Å². The molecule has 1 unspecified atom stereocenters. The number of benzene rings is 1. The molecule has 1 aliphatic heterocycles. The Morgan fingerprint density at radius 2 is 1.88 bits per heavy atom. The molecule has 1 aliphatic rings. The summed E-state index contributed by atoms with van der Waals surface area (Å²) in [5.74, 6) is 0.667. The zero-order chi connectivity index (χ0) is 17.1. The van der Waals surface area contributed by atoms with E-state index in [-0.39, 0.29) is 0 Å². The van der Waals surface area contributed by atoms with Gasteiger partial charge in [-0.25, -0.2) is 9.99 Å². The molecule has 2 heterocycles. The fourth-order valence-electron chi connectivity index (χ4n) is 2.68. The van der Waals surface area contributed by atoms with E-state index in [1.54, 1.807) is 11.2 Å². The number of hydrogen-bond donors (Lipinski definition) is 0. The Balaban J connectivity index is 1.93. The van der Waals surface area contributed by atoms with Crippen LogP contribution in [0, 0.1) is 0 Å². The molecule has 5 heteroatoms. The lowest BCUT2D eigenvalue weighted by molar-refractivity contribution is -0.108. The summed E-state index contributed by atoms with van der Waals surface area (Å²) in [6, 6.07) is 13.3. The number of aldehydes is 1. The van der Waals surface area contributed by atoms with Gasteiger partial charge in [-0.1, -0.05) is 18.2 Å². The van der Waals surface area contributed by atoms with Crippen molar-refractivity contribution >= 4 is 29.6 Å². The molecule has 0 radical (unpaired) electrons. The van der Waals surface area contributed by atoms with Gasteiger partial charge in [-0.2, -0.15) is 5.10 Å². The molecule has 1 atom stereocenters. The lowest BCUT2D eigenvalue weighted by Gasteiger charge is -2.18. The fraction of sp³-hybridized carbons (Fsp3) is 0.211. The van der Waals surface area contributed by atoms with Crippen molar-refractivity contribution < 1.29 is 4.79 Å². The summed E-state index contributed by atoms with van der Waals surface area (Å²) >= 11 is 0. The van der Waals surface area contributed by atoms with Crippen molar-refractivity contribution in [1.29, 1.82) is 0 Å². The van der Waals surface area contributed by atoms with Crippen LogP contribution in [0.2, 0.25) is 0 Å². The molecule has 5 nitrogen and oxygen atoms in total. The van der Waals surface area contributed by atoms with E-state index < -0.39 is 6.04 Å². The first-order valence-corrected chi connectivity index (χ1v) is 7.80. The number of carbonyl (C=O) groups excluding carboxylic acids is 1. The highest BCUT2D eigenvalue weighted by Crippen LogP contribution is 2.27. The first-order valence-electron chi connectivity index (χ1n) is 7.80. The number of hydrogen-bond acceptors (Lipinski definition) is 5. The van der Waals surface area contributed by atoms with Gasteiger partial charge in [0.1, 0.15) is 18.1 Å². The molecule has 3 rings (SSSR count). The number of aromatic nitrogens is 1. The number of hydrazone groups is 1. The van der Waals surface area contributed by atoms with Crippen LogP contribution in [0.25, 0.3) is 6.08 Å². The van der Waals surface area contributed by atoms with Crippen molar-refractivity contribution in [1.82, 2.24) is 4.98 Å². The van der Waals surface area contributed by atoms with Gasteiger partial charge in [0.25, 0.3) is 0 Å². The van der Waals surface area contributed by atoms with Crippen LogP contribution in [0.4, 0.5) is 11.5 Å². The van der Waals surface area contributed by atoms with Gasteiger partial charge in [0, 0.05) is 31.6 Å². The molecular formula is C19H20N4O. The fourth-order valence-corrected chi connectivity index (χ4v) is 2.68. The first-order chi connectivity index (χ1) is 11.6. The maximum absolute atomic E-state index is 11.7. The van der Waals surface area contributed by atoms with Crippen molar-refractivity contribution in [3.05, 3.63) is 59.8 Å². The number of rotatable bonds is 4. The predicted molar refractivity (Wildman–Crippen MR) is 98.4 cm³/mol. The summed E-state index contributed by atoms with van der Waals surface area (Å²) in [4.78, 5) is 18.0. The van der Waals surface area contributed by atoms with Crippen molar-refractivity contribution in [3.8, 4) is 0 Å². The van der Waals surface area contributed by atoms with E-state index >= 15 is 0 Å². The highest BCUT2D eigenvalue weighted by molar-refractivity contribution is 6.10. The summed E-state index contributed by atoms with van der Waals surface area (Å²) in [7, 11) is 4.02. The van der Waals surface area contributed by atoms with E-state index in [1.165, 1.54) is 0 Å². The summed E-state index contributed by atoms with van der Waals surface area (Å²) in [6.07, 6.45) is 4.62.